The summed E-state index contributed by atoms with van der Waals surface area (Å²) >= 11 is 0. The first-order valence-electron chi connectivity index (χ1n) is 8.79. The Labute approximate surface area is 149 Å². The van der Waals surface area contributed by atoms with Gasteiger partial charge in [0.15, 0.2) is 0 Å². The van der Waals surface area contributed by atoms with Crippen LogP contribution in [-0.2, 0) is 0 Å². The molecule has 1 aliphatic rings. The second-order valence-electron chi connectivity index (χ2n) is 6.96. The standard InChI is InChI=1S/C20H27N3O2/c1-13-12-17(6-7-18(13)23-10-8-22(5)9-11-23)21-20(24)19-14(2)15(3)25-16(19)4/h6-7,12H,8-11H2,1-5H3,(H,21,24). The first kappa shape index (κ1) is 17.5. The Morgan fingerprint density at radius 2 is 1.72 bits per heavy atom. The summed E-state index contributed by atoms with van der Waals surface area (Å²) in [4.78, 5) is 17.4. The number of carbonyl (C=O) groups excluding carboxylic acids is 1. The number of aryl methyl sites for hydroxylation is 3. The number of rotatable bonds is 3. The monoisotopic (exact) mass is 341 g/mol. The van der Waals surface area contributed by atoms with E-state index in [0.29, 0.717) is 11.3 Å². The maximum atomic E-state index is 12.6. The van der Waals surface area contributed by atoms with Crippen LogP contribution in [0.2, 0.25) is 0 Å². The molecule has 5 nitrogen and oxygen atoms in total. The number of anilines is 2. The molecule has 0 bridgehead atoms. The second-order valence-corrected chi connectivity index (χ2v) is 6.96. The number of nitrogens with zero attached hydrogens (tertiary/aromatic N) is 2. The van der Waals surface area contributed by atoms with E-state index in [1.165, 1.54) is 11.3 Å². The summed E-state index contributed by atoms with van der Waals surface area (Å²) in [5, 5.41) is 3.01. The molecule has 1 aromatic heterocycles. The molecule has 0 unspecified atom stereocenters. The highest BCUT2D eigenvalue weighted by Crippen LogP contribution is 2.26. The van der Waals surface area contributed by atoms with Gasteiger partial charge in [0.2, 0.25) is 0 Å². The van der Waals surface area contributed by atoms with Gasteiger partial charge in [-0.15, -0.1) is 0 Å². The first-order valence-corrected chi connectivity index (χ1v) is 8.79. The lowest BCUT2D eigenvalue weighted by atomic mass is 10.1. The van der Waals surface area contributed by atoms with E-state index in [2.05, 4.69) is 35.2 Å². The molecular weight excluding hydrogens is 314 g/mol. The van der Waals surface area contributed by atoms with Crippen molar-refractivity contribution in [3.05, 3.63) is 46.4 Å². The van der Waals surface area contributed by atoms with Crippen LogP contribution in [0.3, 0.4) is 0 Å². The van der Waals surface area contributed by atoms with Crippen molar-refractivity contribution < 1.29 is 9.21 Å². The molecule has 134 valence electrons. The van der Waals surface area contributed by atoms with Gasteiger partial charge in [0.1, 0.15) is 11.5 Å². The van der Waals surface area contributed by atoms with Gasteiger partial charge in [0, 0.05) is 43.1 Å². The Hall–Kier alpha value is -2.27. The molecule has 0 saturated carbocycles. The van der Waals surface area contributed by atoms with E-state index in [9.17, 15) is 4.79 Å². The van der Waals surface area contributed by atoms with E-state index in [0.717, 1.165) is 43.2 Å². The molecule has 1 aromatic carbocycles. The summed E-state index contributed by atoms with van der Waals surface area (Å²) in [5.41, 5.74) is 4.79. The minimum Gasteiger partial charge on any atom is -0.466 e. The number of likely N-dealkylation sites (N-methyl/N-ethyl adjacent to an activating group) is 1. The van der Waals surface area contributed by atoms with Crippen molar-refractivity contribution in [3.8, 4) is 0 Å². The number of amides is 1. The number of carbonyl (C=O) groups is 1. The van der Waals surface area contributed by atoms with E-state index < -0.39 is 0 Å². The van der Waals surface area contributed by atoms with Crippen molar-refractivity contribution in [1.29, 1.82) is 0 Å². The van der Waals surface area contributed by atoms with Crippen LogP contribution in [0.15, 0.2) is 22.6 Å². The smallest absolute Gasteiger partial charge is 0.259 e. The van der Waals surface area contributed by atoms with Crippen molar-refractivity contribution in [3.63, 3.8) is 0 Å². The number of hydrogen-bond donors (Lipinski definition) is 1. The predicted octanol–water partition coefficient (Wildman–Crippen LogP) is 3.52. The van der Waals surface area contributed by atoms with Gasteiger partial charge in [0.05, 0.1) is 5.56 Å². The fourth-order valence-electron chi connectivity index (χ4n) is 3.46. The molecule has 1 amide bonds. The molecule has 2 aromatic rings. The third kappa shape index (κ3) is 3.56. The number of piperazine rings is 1. The third-order valence-corrected chi connectivity index (χ3v) is 5.09. The molecule has 5 heteroatoms. The van der Waals surface area contributed by atoms with E-state index in [-0.39, 0.29) is 5.91 Å². The summed E-state index contributed by atoms with van der Waals surface area (Å²) in [6.45, 7) is 12.0. The fourth-order valence-corrected chi connectivity index (χ4v) is 3.46. The minimum atomic E-state index is -0.112. The molecule has 1 aliphatic heterocycles. The van der Waals surface area contributed by atoms with Crippen LogP contribution in [-0.4, -0.2) is 44.0 Å². The molecule has 1 N–H and O–H groups in total. The topological polar surface area (TPSA) is 48.7 Å². The van der Waals surface area contributed by atoms with Crippen molar-refractivity contribution in [1.82, 2.24) is 4.90 Å². The number of nitrogens with one attached hydrogen (secondary N) is 1. The van der Waals surface area contributed by atoms with Gasteiger partial charge in [-0.1, -0.05) is 0 Å². The Morgan fingerprint density at radius 3 is 2.28 bits per heavy atom. The lowest BCUT2D eigenvalue weighted by Crippen LogP contribution is -2.44. The normalized spacial score (nSPS) is 15.5. The molecule has 0 atom stereocenters. The Bertz CT molecular complexity index is 786. The van der Waals surface area contributed by atoms with Gasteiger partial charge in [-0.05, 0) is 58.5 Å². The van der Waals surface area contributed by atoms with Crippen LogP contribution < -0.4 is 10.2 Å². The van der Waals surface area contributed by atoms with E-state index in [1.807, 2.05) is 32.9 Å². The van der Waals surface area contributed by atoms with E-state index >= 15 is 0 Å². The van der Waals surface area contributed by atoms with Gasteiger partial charge in [-0.25, -0.2) is 0 Å². The van der Waals surface area contributed by atoms with Gasteiger partial charge in [-0.3, -0.25) is 4.79 Å². The quantitative estimate of drug-likeness (QED) is 0.928. The number of benzene rings is 1. The zero-order valence-electron chi connectivity index (χ0n) is 15.8. The Balaban J connectivity index is 1.76. The van der Waals surface area contributed by atoms with Gasteiger partial charge in [0.25, 0.3) is 5.91 Å². The lowest BCUT2D eigenvalue weighted by Gasteiger charge is -2.35. The maximum absolute atomic E-state index is 12.6. The van der Waals surface area contributed by atoms with Crippen LogP contribution in [0.1, 0.15) is 33.0 Å². The van der Waals surface area contributed by atoms with E-state index in [4.69, 9.17) is 4.42 Å². The van der Waals surface area contributed by atoms with E-state index in [1.54, 1.807) is 0 Å². The molecule has 25 heavy (non-hydrogen) atoms. The van der Waals surface area contributed by atoms with Crippen LogP contribution >= 0.6 is 0 Å². The molecule has 3 rings (SSSR count). The molecule has 1 fully saturated rings. The Kier molecular flexibility index (Phi) is 4.86. The summed E-state index contributed by atoms with van der Waals surface area (Å²) in [6, 6.07) is 6.13. The lowest BCUT2D eigenvalue weighted by molar-refractivity contribution is 0.102. The number of hydrogen-bond acceptors (Lipinski definition) is 4. The highest BCUT2D eigenvalue weighted by atomic mass is 16.3. The highest BCUT2D eigenvalue weighted by molar-refractivity contribution is 6.06. The maximum Gasteiger partial charge on any atom is 0.259 e. The van der Waals surface area contributed by atoms with Crippen molar-refractivity contribution >= 4 is 17.3 Å². The largest absolute Gasteiger partial charge is 0.466 e. The van der Waals surface area contributed by atoms with Gasteiger partial charge >= 0.3 is 0 Å². The first-order chi connectivity index (χ1) is 11.9. The summed E-state index contributed by atoms with van der Waals surface area (Å²) < 4.78 is 5.56. The summed E-state index contributed by atoms with van der Waals surface area (Å²) in [7, 11) is 2.16. The van der Waals surface area contributed by atoms with Crippen molar-refractivity contribution in [2.45, 2.75) is 27.7 Å². The van der Waals surface area contributed by atoms with Crippen molar-refractivity contribution in [2.75, 3.05) is 43.4 Å². The molecule has 0 aliphatic carbocycles. The van der Waals surface area contributed by atoms with Crippen LogP contribution in [0.4, 0.5) is 11.4 Å². The third-order valence-electron chi connectivity index (χ3n) is 5.09. The molecule has 2 heterocycles. The van der Waals surface area contributed by atoms with Gasteiger partial charge < -0.3 is 19.5 Å². The van der Waals surface area contributed by atoms with Crippen LogP contribution in [0, 0.1) is 27.7 Å². The zero-order valence-corrected chi connectivity index (χ0v) is 15.8. The highest BCUT2D eigenvalue weighted by Gasteiger charge is 2.20. The average molecular weight is 341 g/mol. The SMILES string of the molecule is Cc1cc(NC(=O)c2c(C)oc(C)c2C)ccc1N1CCN(C)CC1. The molecule has 0 spiro atoms. The summed E-state index contributed by atoms with van der Waals surface area (Å²) in [6.07, 6.45) is 0. The zero-order chi connectivity index (χ0) is 18.1. The van der Waals surface area contributed by atoms with Crippen LogP contribution in [0.5, 0.6) is 0 Å². The van der Waals surface area contributed by atoms with Crippen molar-refractivity contribution in [2.24, 2.45) is 0 Å². The predicted molar refractivity (Wildman–Crippen MR) is 102 cm³/mol. The van der Waals surface area contributed by atoms with Crippen LogP contribution in [0.25, 0.3) is 0 Å². The molecular formula is C20H27N3O2. The second kappa shape index (κ2) is 6.92. The average Bonchev–Trinajstić information content (AvgIpc) is 2.81. The molecule has 0 radical (unpaired) electrons. The van der Waals surface area contributed by atoms with Gasteiger partial charge in [-0.2, -0.15) is 0 Å². The Morgan fingerprint density at radius 1 is 1.04 bits per heavy atom. The fraction of sp³-hybridized carbons (Fsp3) is 0.450. The molecule has 1 saturated heterocycles. The summed E-state index contributed by atoms with van der Waals surface area (Å²) in [5.74, 6) is 1.35. The number of furan rings is 1. The minimum absolute atomic E-state index is 0.112.